The number of halogens is 5. The van der Waals surface area contributed by atoms with Gasteiger partial charge in [0.05, 0.1) is 21.7 Å². The van der Waals surface area contributed by atoms with Crippen molar-refractivity contribution in [2.75, 3.05) is 0 Å². The van der Waals surface area contributed by atoms with Crippen LogP contribution in [0.25, 0.3) is 0 Å². The fraction of sp³-hybridized carbons (Fsp3) is 0.143. The second-order valence-corrected chi connectivity index (χ2v) is 5.84. The molecule has 0 aliphatic heterocycles. The molecule has 0 unspecified atom stereocenters. The number of hydrogen-bond acceptors (Lipinski definition) is 2. The summed E-state index contributed by atoms with van der Waals surface area (Å²) in [5.41, 5.74) is 0.0996. The van der Waals surface area contributed by atoms with Crippen LogP contribution in [-0.4, -0.2) is 5.11 Å². The topological polar surface area (TPSA) is 29.5 Å². The minimum Gasteiger partial charge on any atom is -0.487 e. The Balaban J connectivity index is 2.31. The lowest BCUT2D eigenvalue weighted by molar-refractivity contribution is 0.255. The highest BCUT2D eigenvalue weighted by atomic mass is 79.9. The van der Waals surface area contributed by atoms with Crippen molar-refractivity contribution in [2.45, 2.75) is 13.2 Å². The van der Waals surface area contributed by atoms with Crippen molar-refractivity contribution in [1.82, 2.24) is 0 Å². The molecular formula is C14H9BrCl2F2O2. The third kappa shape index (κ3) is 3.66. The Morgan fingerprint density at radius 1 is 1.19 bits per heavy atom. The summed E-state index contributed by atoms with van der Waals surface area (Å²) in [6, 6.07) is 5.28. The summed E-state index contributed by atoms with van der Waals surface area (Å²) >= 11 is 14.8. The molecule has 0 atom stereocenters. The predicted octanol–water partition coefficient (Wildman–Crippen LogP) is 5.11. The molecule has 0 radical (unpaired) electrons. The van der Waals surface area contributed by atoms with Gasteiger partial charge in [-0.1, -0.05) is 23.2 Å². The van der Waals surface area contributed by atoms with Crippen LogP contribution < -0.4 is 4.74 Å². The average Bonchev–Trinajstić information content (AvgIpc) is 2.44. The maximum absolute atomic E-state index is 13.8. The quantitative estimate of drug-likeness (QED) is 0.726. The highest BCUT2D eigenvalue weighted by Crippen LogP contribution is 2.33. The first-order valence-electron chi connectivity index (χ1n) is 5.78. The normalized spacial score (nSPS) is 10.8. The zero-order valence-electron chi connectivity index (χ0n) is 10.5. The van der Waals surface area contributed by atoms with E-state index in [0.29, 0.717) is 10.6 Å². The second kappa shape index (κ2) is 6.92. The van der Waals surface area contributed by atoms with Crippen molar-refractivity contribution in [2.24, 2.45) is 0 Å². The van der Waals surface area contributed by atoms with Crippen molar-refractivity contribution in [3.8, 4) is 5.75 Å². The minimum absolute atomic E-state index is 0.132. The zero-order valence-corrected chi connectivity index (χ0v) is 13.6. The average molecular weight is 398 g/mol. The molecule has 21 heavy (non-hydrogen) atoms. The number of aliphatic hydroxyl groups excluding tert-OH is 1. The number of benzene rings is 2. The second-order valence-electron chi connectivity index (χ2n) is 4.14. The monoisotopic (exact) mass is 396 g/mol. The van der Waals surface area contributed by atoms with E-state index in [9.17, 15) is 13.9 Å². The van der Waals surface area contributed by atoms with Gasteiger partial charge in [0, 0.05) is 10.6 Å². The van der Waals surface area contributed by atoms with Gasteiger partial charge in [-0.25, -0.2) is 8.78 Å². The van der Waals surface area contributed by atoms with Crippen LogP contribution in [0.5, 0.6) is 5.75 Å². The van der Waals surface area contributed by atoms with Crippen molar-refractivity contribution < 1.29 is 18.6 Å². The number of rotatable bonds is 4. The molecule has 0 amide bonds. The first kappa shape index (κ1) is 16.5. The molecule has 0 aromatic heterocycles. The van der Waals surface area contributed by atoms with Gasteiger partial charge in [0.15, 0.2) is 0 Å². The fourth-order valence-electron chi connectivity index (χ4n) is 1.74. The molecule has 0 bridgehead atoms. The van der Waals surface area contributed by atoms with Crippen molar-refractivity contribution in [1.29, 1.82) is 0 Å². The largest absolute Gasteiger partial charge is 0.487 e. The maximum atomic E-state index is 13.8. The SMILES string of the molecule is OCc1cc(Cl)cc(Cl)c1OCc1c(F)ccc(Br)c1F. The number of ether oxygens (including phenoxy) is 1. The Labute approximate surface area is 138 Å². The van der Waals surface area contributed by atoms with E-state index in [1.807, 2.05) is 0 Å². The van der Waals surface area contributed by atoms with E-state index in [4.69, 9.17) is 27.9 Å². The highest BCUT2D eigenvalue weighted by Gasteiger charge is 2.16. The third-order valence-electron chi connectivity index (χ3n) is 2.76. The molecule has 2 aromatic carbocycles. The molecule has 0 saturated carbocycles. The van der Waals surface area contributed by atoms with E-state index in [-0.39, 0.29) is 34.0 Å². The first-order valence-corrected chi connectivity index (χ1v) is 7.33. The maximum Gasteiger partial charge on any atom is 0.146 e. The molecule has 112 valence electrons. The summed E-state index contributed by atoms with van der Waals surface area (Å²) in [5.74, 6) is -1.33. The molecule has 2 rings (SSSR count). The van der Waals surface area contributed by atoms with Crippen LogP contribution in [0.3, 0.4) is 0 Å². The van der Waals surface area contributed by atoms with Crippen molar-refractivity contribution in [3.63, 3.8) is 0 Å². The van der Waals surface area contributed by atoms with E-state index in [1.165, 1.54) is 18.2 Å². The lowest BCUT2D eigenvalue weighted by atomic mass is 10.2. The van der Waals surface area contributed by atoms with Gasteiger partial charge in [0.1, 0.15) is 24.0 Å². The molecule has 1 N–H and O–H groups in total. The molecule has 7 heteroatoms. The molecule has 0 saturated heterocycles. The third-order valence-corrected chi connectivity index (χ3v) is 3.87. The smallest absolute Gasteiger partial charge is 0.146 e. The van der Waals surface area contributed by atoms with Crippen molar-refractivity contribution in [3.05, 3.63) is 61.5 Å². The predicted molar refractivity (Wildman–Crippen MR) is 80.8 cm³/mol. The van der Waals surface area contributed by atoms with Gasteiger partial charge >= 0.3 is 0 Å². The fourth-order valence-corrected chi connectivity index (χ4v) is 2.70. The van der Waals surface area contributed by atoms with Crippen LogP contribution in [0.4, 0.5) is 8.78 Å². The molecule has 2 aromatic rings. The van der Waals surface area contributed by atoms with Crippen LogP contribution in [0.2, 0.25) is 10.0 Å². The molecule has 0 aliphatic rings. The van der Waals surface area contributed by atoms with E-state index in [2.05, 4.69) is 15.9 Å². The first-order chi connectivity index (χ1) is 9.93. The van der Waals surface area contributed by atoms with E-state index in [1.54, 1.807) is 0 Å². The van der Waals surface area contributed by atoms with E-state index in [0.717, 1.165) is 6.07 Å². The summed E-state index contributed by atoms with van der Waals surface area (Å²) in [5, 5.41) is 9.75. The van der Waals surface area contributed by atoms with Crippen LogP contribution in [0.1, 0.15) is 11.1 Å². The molecule has 0 heterocycles. The minimum atomic E-state index is -0.745. The molecular weight excluding hydrogens is 389 g/mol. The molecule has 2 nitrogen and oxygen atoms in total. The van der Waals surface area contributed by atoms with Gasteiger partial charge in [-0.15, -0.1) is 0 Å². The number of hydrogen-bond donors (Lipinski definition) is 1. The Hall–Kier alpha value is -0.880. The van der Waals surface area contributed by atoms with Crippen LogP contribution >= 0.6 is 39.1 Å². The van der Waals surface area contributed by atoms with Crippen LogP contribution in [0, 0.1) is 11.6 Å². The van der Waals surface area contributed by atoms with Gasteiger partial charge in [0.2, 0.25) is 0 Å². The summed E-state index contributed by atoms with van der Waals surface area (Å²) < 4.78 is 33.0. The Morgan fingerprint density at radius 2 is 1.90 bits per heavy atom. The summed E-state index contributed by atoms with van der Waals surface area (Å²) in [6.45, 7) is -0.732. The molecule has 0 fully saturated rings. The molecule has 0 spiro atoms. The Kier molecular flexibility index (Phi) is 5.43. The van der Waals surface area contributed by atoms with Gasteiger partial charge in [-0.05, 0) is 40.2 Å². The summed E-state index contributed by atoms with van der Waals surface area (Å²) in [4.78, 5) is 0. The van der Waals surface area contributed by atoms with Crippen LogP contribution in [-0.2, 0) is 13.2 Å². The highest BCUT2D eigenvalue weighted by molar-refractivity contribution is 9.10. The number of aliphatic hydroxyl groups is 1. The Bertz CT molecular complexity index is 681. The lowest BCUT2D eigenvalue weighted by Crippen LogP contribution is -2.04. The zero-order chi connectivity index (χ0) is 15.6. The summed E-state index contributed by atoms with van der Waals surface area (Å²) in [7, 11) is 0. The van der Waals surface area contributed by atoms with Crippen molar-refractivity contribution >= 4 is 39.1 Å². The van der Waals surface area contributed by atoms with Gasteiger partial charge in [0.25, 0.3) is 0 Å². The van der Waals surface area contributed by atoms with Gasteiger partial charge < -0.3 is 9.84 Å². The van der Waals surface area contributed by atoms with Gasteiger partial charge in [-0.2, -0.15) is 0 Å². The summed E-state index contributed by atoms with van der Waals surface area (Å²) in [6.07, 6.45) is 0. The molecule has 0 aliphatic carbocycles. The van der Waals surface area contributed by atoms with E-state index >= 15 is 0 Å². The Morgan fingerprint density at radius 3 is 2.57 bits per heavy atom. The van der Waals surface area contributed by atoms with Gasteiger partial charge in [-0.3, -0.25) is 0 Å². The lowest BCUT2D eigenvalue weighted by Gasteiger charge is -2.13. The standard InChI is InChI=1S/C14H9BrCl2F2O2/c15-10-1-2-12(18)9(13(10)19)6-21-14-7(5-20)3-8(16)4-11(14)17/h1-4,20H,5-6H2. The van der Waals surface area contributed by atoms with E-state index < -0.39 is 11.6 Å². The van der Waals surface area contributed by atoms with Crippen LogP contribution in [0.15, 0.2) is 28.7 Å².